The molecular weight excluding hydrogens is 390 g/mol. The van der Waals surface area contributed by atoms with Crippen molar-refractivity contribution in [1.82, 2.24) is 14.7 Å². The number of carbonyl (C=O) groups excluding carboxylic acids is 2. The third kappa shape index (κ3) is 5.00. The van der Waals surface area contributed by atoms with Crippen molar-refractivity contribution in [2.24, 2.45) is 5.92 Å². The fourth-order valence-corrected chi connectivity index (χ4v) is 4.40. The average Bonchev–Trinajstić information content (AvgIpc) is 3.12. The number of esters is 1. The maximum atomic E-state index is 13.8. The Morgan fingerprint density at radius 1 is 1.13 bits per heavy atom. The molecule has 0 saturated carbocycles. The standard InChI is InChI=1S/C25H35N3O3/c1-5-11-20-23(24(29)27-16-10-14-19(17-27)25(30)31-7-3)22(12-6-2)28(26-20)21-15-9-8-13-18(21)4/h8-9,13,15,19H,5-7,10-12,14,16-17H2,1-4H3/t19-/m1/s1. The van der Waals surface area contributed by atoms with Crippen LogP contribution in [0.4, 0.5) is 0 Å². The van der Waals surface area contributed by atoms with E-state index in [0.717, 1.165) is 66.7 Å². The summed E-state index contributed by atoms with van der Waals surface area (Å²) < 4.78 is 7.20. The molecule has 0 radical (unpaired) electrons. The van der Waals surface area contributed by atoms with E-state index in [1.54, 1.807) is 0 Å². The van der Waals surface area contributed by atoms with Gasteiger partial charge in [0.15, 0.2) is 0 Å². The van der Waals surface area contributed by atoms with E-state index >= 15 is 0 Å². The maximum Gasteiger partial charge on any atom is 0.310 e. The molecule has 31 heavy (non-hydrogen) atoms. The predicted molar refractivity (Wildman–Crippen MR) is 122 cm³/mol. The molecule has 1 atom stereocenters. The van der Waals surface area contributed by atoms with Crippen molar-refractivity contribution in [1.29, 1.82) is 0 Å². The summed E-state index contributed by atoms with van der Waals surface area (Å²) >= 11 is 0. The molecule has 0 bridgehead atoms. The zero-order chi connectivity index (χ0) is 22.4. The Hall–Kier alpha value is -2.63. The number of carbonyl (C=O) groups is 2. The molecule has 0 spiro atoms. The molecular formula is C25H35N3O3. The molecule has 0 aliphatic carbocycles. The van der Waals surface area contributed by atoms with Gasteiger partial charge < -0.3 is 9.64 Å². The van der Waals surface area contributed by atoms with Crippen LogP contribution in [0.25, 0.3) is 5.69 Å². The van der Waals surface area contributed by atoms with Crippen LogP contribution < -0.4 is 0 Å². The van der Waals surface area contributed by atoms with Gasteiger partial charge in [-0.2, -0.15) is 5.10 Å². The Labute approximate surface area is 185 Å². The topological polar surface area (TPSA) is 64.4 Å². The minimum Gasteiger partial charge on any atom is -0.466 e. The molecule has 1 aliphatic rings. The molecule has 1 aromatic heterocycles. The monoisotopic (exact) mass is 425 g/mol. The van der Waals surface area contributed by atoms with E-state index in [-0.39, 0.29) is 17.8 Å². The first-order valence-electron chi connectivity index (χ1n) is 11.6. The van der Waals surface area contributed by atoms with E-state index in [9.17, 15) is 9.59 Å². The van der Waals surface area contributed by atoms with Gasteiger partial charge in [-0.05, 0) is 51.2 Å². The van der Waals surface area contributed by atoms with Gasteiger partial charge in [-0.1, -0.05) is 44.9 Å². The fourth-order valence-electron chi connectivity index (χ4n) is 4.40. The molecule has 1 amide bonds. The Morgan fingerprint density at radius 3 is 2.55 bits per heavy atom. The second-order valence-electron chi connectivity index (χ2n) is 8.31. The number of rotatable bonds is 8. The lowest BCUT2D eigenvalue weighted by molar-refractivity contribution is -0.149. The van der Waals surface area contributed by atoms with Crippen molar-refractivity contribution < 1.29 is 14.3 Å². The number of likely N-dealkylation sites (tertiary alicyclic amines) is 1. The van der Waals surface area contributed by atoms with E-state index in [1.807, 2.05) is 28.6 Å². The quantitative estimate of drug-likeness (QED) is 0.584. The number of aromatic nitrogens is 2. The summed E-state index contributed by atoms with van der Waals surface area (Å²) in [6, 6.07) is 8.16. The Morgan fingerprint density at radius 2 is 1.87 bits per heavy atom. The van der Waals surface area contributed by atoms with E-state index in [1.165, 1.54) is 0 Å². The lowest BCUT2D eigenvalue weighted by Gasteiger charge is -2.31. The molecule has 1 saturated heterocycles. The fraction of sp³-hybridized carbons (Fsp3) is 0.560. The highest BCUT2D eigenvalue weighted by Crippen LogP contribution is 2.27. The van der Waals surface area contributed by atoms with Gasteiger partial charge in [0.05, 0.1) is 35.2 Å². The summed E-state index contributed by atoms with van der Waals surface area (Å²) in [5, 5.41) is 4.93. The van der Waals surface area contributed by atoms with Gasteiger partial charge in [0, 0.05) is 13.1 Å². The average molecular weight is 426 g/mol. The molecule has 6 nitrogen and oxygen atoms in total. The van der Waals surface area contributed by atoms with Crippen LogP contribution in [-0.2, 0) is 22.4 Å². The molecule has 1 fully saturated rings. The molecule has 2 aromatic rings. The molecule has 2 heterocycles. The highest BCUT2D eigenvalue weighted by molar-refractivity contribution is 5.97. The molecule has 3 rings (SSSR count). The molecule has 0 unspecified atom stereocenters. The van der Waals surface area contributed by atoms with Gasteiger partial charge in [-0.3, -0.25) is 9.59 Å². The zero-order valence-corrected chi connectivity index (χ0v) is 19.3. The van der Waals surface area contributed by atoms with Gasteiger partial charge in [-0.15, -0.1) is 0 Å². The van der Waals surface area contributed by atoms with E-state index in [2.05, 4.69) is 32.9 Å². The minimum absolute atomic E-state index is 0.000678. The van der Waals surface area contributed by atoms with Gasteiger partial charge in [0.25, 0.3) is 5.91 Å². The van der Waals surface area contributed by atoms with Crippen LogP contribution in [0.5, 0.6) is 0 Å². The molecule has 6 heteroatoms. The van der Waals surface area contributed by atoms with Crippen molar-refractivity contribution in [3.8, 4) is 5.69 Å². The summed E-state index contributed by atoms with van der Waals surface area (Å²) in [7, 11) is 0. The zero-order valence-electron chi connectivity index (χ0n) is 19.3. The highest BCUT2D eigenvalue weighted by atomic mass is 16.5. The summed E-state index contributed by atoms with van der Waals surface area (Å²) in [6.45, 7) is 9.58. The summed E-state index contributed by atoms with van der Waals surface area (Å²) in [5.41, 5.74) is 4.72. The van der Waals surface area contributed by atoms with Crippen molar-refractivity contribution in [2.45, 2.75) is 66.2 Å². The lowest BCUT2D eigenvalue weighted by Crippen LogP contribution is -2.43. The summed E-state index contributed by atoms with van der Waals surface area (Å²) in [4.78, 5) is 27.9. The summed E-state index contributed by atoms with van der Waals surface area (Å²) in [6.07, 6.45) is 4.96. The maximum absolute atomic E-state index is 13.8. The van der Waals surface area contributed by atoms with Crippen LogP contribution in [0.3, 0.4) is 0 Å². The van der Waals surface area contributed by atoms with Crippen LogP contribution in [0.15, 0.2) is 24.3 Å². The first kappa shape index (κ1) is 23.0. The lowest BCUT2D eigenvalue weighted by atomic mass is 9.96. The minimum atomic E-state index is -0.242. The van der Waals surface area contributed by atoms with Crippen LogP contribution >= 0.6 is 0 Å². The number of piperidine rings is 1. The van der Waals surface area contributed by atoms with Crippen molar-refractivity contribution in [3.63, 3.8) is 0 Å². The van der Waals surface area contributed by atoms with Crippen LogP contribution in [0.1, 0.15) is 73.8 Å². The SMILES string of the molecule is CCCc1nn(-c2ccccc2C)c(CCC)c1C(=O)N1CCC[C@@H](C(=O)OCC)C1. The number of hydrogen-bond donors (Lipinski definition) is 0. The number of para-hydroxylation sites is 1. The Balaban J connectivity index is 2.01. The third-order valence-electron chi connectivity index (χ3n) is 5.91. The Bertz CT molecular complexity index is 919. The van der Waals surface area contributed by atoms with Gasteiger partial charge in [0.1, 0.15) is 0 Å². The third-order valence-corrected chi connectivity index (χ3v) is 5.91. The number of aryl methyl sites for hydroxylation is 2. The normalized spacial score (nSPS) is 16.4. The van der Waals surface area contributed by atoms with E-state index in [4.69, 9.17) is 9.84 Å². The molecule has 1 aromatic carbocycles. The smallest absolute Gasteiger partial charge is 0.310 e. The number of ether oxygens (including phenoxy) is 1. The predicted octanol–water partition coefficient (Wildman–Crippen LogP) is 4.50. The van der Waals surface area contributed by atoms with Crippen LogP contribution in [0, 0.1) is 12.8 Å². The Kier molecular flexibility index (Phi) is 7.88. The number of hydrogen-bond acceptors (Lipinski definition) is 4. The number of benzene rings is 1. The van der Waals surface area contributed by atoms with Crippen LogP contribution in [0.2, 0.25) is 0 Å². The van der Waals surface area contributed by atoms with Gasteiger partial charge >= 0.3 is 5.97 Å². The molecule has 1 aliphatic heterocycles. The molecule has 0 N–H and O–H groups in total. The van der Waals surface area contributed by atoms with Crippen molar-refractivity contribution in [3.05, 3.63) is 46.8 Å². The summed E-state index contributed by atoms with van der Waals surface area (Å²) in [5.74, 6) is -0.438. The van der Waals surface area contributed by atoms with Gasteiger partial charge in [0.2, 0.25) is 0 Å². The number of nitrogens with zero attached hydrogens (tertiary/aromatic N) is 3. The second-order valence-corrected chi connectivity index (χ2v) is 8.31. The largest absolute Gasteiger partial charge is 0.466 e. The van der Waals surface area contributed by atoms with E-state index < -0.39 is 0 Å². The van der Waals surface area contributed by atoms with E-state index in [0.29, 0.717) is 19.7 Å². The van der Waals surface area contributed by atoms with Gasteiger partial charge in [-0.25, -0.2) is 4.68 Å². The van der Waals surface area contributed by atoms with Crippen molar-refractivity contribution in [2.75, 3.05) is 19.7 Å². The van der Waals surface area contributed by atoms with Crippen molar-refractivity contribution >= 4 is 11.9 Å². The first-order valence-corrected chi connectivity index (χ1v) is 11.6. The highest BCUT2D eigenvalue weighted by Gasteiger charge is 2.33. The second kappa shape index (κ2) is 10.6. The van der Waals surface area contributed by atoms with Crippen LogP contribution in [-0.4, -0.2) is 46.3 Å². The molecule has 168 valence electrons. The first-order chi connectivity index (χ1) is 15.0. The number of amides is 1.